The molecule has 2 aromatic rings. The van der Waals surface area contributed by atoms with Crippen LogP contribution in [-0.2, 0) is 19.3 Å². The van der Waals surface area contributed by atoms with Crippen molar-refractivity contribution in [3.63, 3.8) is 0 Å². The third-order valence-electron chi connectivity index (χ3n) is 4.41. The topological polar surface area (TPSA) is 72.7 Å². The minimum atomic E-state index is -2.76. The fourth-order valence-corrected chi connectivity index (χ4v) is 3.13. The third kappa shape index (κ3) is 3.83. The number of carbonyl (C=O) groups excluding carboxylic acids is 1. The number of nitrogens with one attached hydrogen (secondary N) is 1. The van der Waals surface area contributed by atoms with Gasteiger partial charge in [-0.25, -0.2) is 14.6 Å². The molecule has 6 nitrogen and oxygen atoms in total. The summed E-state index contributed by atoms with van der Waals surface area (Å²) in [5.74, 6) is 0.227. The highest BCUT2D eigenvalue weighted by Crippen LogP contribution is 2.21. The average molecular weight is 349 g/mol. The Balaban J connectivity index is 1.60. The number of hydrogen-bond acceptors (Lipinski definition) is 4. The largest absolute Gasteiger partial charge is 0.350 e. The Kier molecular flexibility index (Phi) is 5.06. The van der Waals surface area contributed by atoms with Crippen molar-refractivity contribution < 1.29 is 13.6 Å². The molecule has 2 heterocycles. The van der Waals surface area contributed by atoms with Crippen LogP contribution in [0.15, 0.2) is 6.07 Å². The van der Waals surface area contributed by atoms with Crippen molar-refractivity contribution in [1.82, 2.24) is 25.1 Å². The smallest absolute Gasteiger partial charge is 0.333 e. The molecule has 0 saturated heterocycles. The lowest BCUT2D eigenvalue weighted by Crippen LogP contribution is -2.27. The van der Waals surface area contributed by atoms with Crippen molar-refractivity contribution in [2.45, 2.75) is 52.5 Å². The Morgan fingerprint density at radius 1 is 1.28 bits per heavy atom. The number of amides is 1. The molecule has 0 aliphatic heterocycles. The fourth-order valence-electron chi connectivity index (χ4n) is 3.13. The quantitative estimate of drug-likeness (QED) is 0.900. The first-order chi connectivity index (χ1) is 12.0. The van der Waals surface area contributed by atoms with Gasteiger partial charge in [0.05, 0.1) is 0 Å². The van der Waals surface area contributed by atoms with Gasteiger partial charge < -0.3 is 5.32 Å². The van der Waals surface area contributed by atoms with Crippen LogP contribution >= 0.6 is 0 Å². The monoisotopic (exact) mass is 349 g/mol. The second-order valence-corrected chi connectivity index (χ2v) is 6.26. The molecular formula is C17H21F2N5O. The van der Waals surface area contributed by atoms with Crippen molar-refractivity contribution in [2.24, 2.45) is 0 Å². The molecule has 3 rings (SSSR count). The van der Waals surface area contributed by atoms with Gasteiger partial charge in [-0.15, -0.1) is 0 Å². The molecule has 0 spiro atoms. The van der Waals surface area contributed by atoms with Gasteiger partial charge in [-0.1, -0.05) is 0 Å². The van der Waals surface area contributed by atoms with Crippen LogP contribution < -0.4 is 5.32 Å². The minimum Gasteiger partial charge on any atom is -0.350 e. The normalized spacial score (nSPS) is 13.8. The van der Waals surface area contributed by atoms with Gasteiger partial charge in [-0.3, -0.25) is 4.79 Å². The van der Waals surface area contributed by atoms with Crippen molar-refractivity contribution >= 4 is 5.91 Å². The van der Waals surface area contributed by atoms with Crippen LogP contribution in [0.5, 0.6) is 0 Å². The number of hydrogen-bond donors (Lipinski definition) is 1. The number of aromatic nitrogens is 4. The van der Waals surface area contributed by atoms with Crippen LogP contribution in [0.4, 0.5) is 8.78 Å². The maximum atomic E-state index is 12.7. The van der Waals surface area contributed by atoms with Gasteiger partial charge in [0.15, 0.2) is 5.69 Å². The summed E-state index contributed by atoms with van der Waals surface area (Å²) in [7, 11) is 0. The van der Waals surface area contributed by atoms with E-state index in [0.717, 1.165) is 30.7 Å². The van der Waals surface area contributed by atoms with E-state index < -0.39 is 12.5 Å². The highest BCUT2D eigenvalue weighted by atomic mass is 19.3. The summed E-state index contributed by atoms with van der Waals surface area (Å²) in [4.78, 5) is 21.2. The Hall–Kier alpha value is -2.38. The van der Waals surface area contributed by atoms with Gasteiger partial charge in [0.2, 0.25) is 0 Å². The summed E-state index contributed by atoms with van der Waals surface area (Å²) in [6.07, 6.45) is 4.82. The van der Waals surface area contributed by atoms with Gasteiger partial charge in [0, 0.05) is 30.0 Å². The molecule has 1 aliphatic carbocycles. The van der Waals surface area contributed by atoms with Gasteiger partial charge in [0.25, 0.3) is 5.91 Å². The second-order valence-electron chi connectivity index (χ2n) is 6.26. The lowest BCUT2D eigenvalue weighted by molar-refractivity contribution is 0.0538. The predicted molar refractivity (Wildman–Crippen MR) is 87.7 cm³/mol. The minimum absolute atomic E-state index is 0.0136. The van der Waals surface area contributed by atoms with Crippen LogP contribution in [0.2, 0.25) is 0 Å². The van der Waals surface area contributed by atoms with E-state index in [0.29, 0.717) is 23.5 Å². The Morgan fingerprint density at radius 2 is 2.04 bits per heavy atom. The van der Waals surface area contributed by atoms with Crippen LogP contribution in [-0.4, -0.2) is 32.2 Å². The summed E-state index contributed by atoms with van der Waals surface area (Å²) in [6.45, 7) is 1.05. The lowest BCUT2D eigenvalue weighted by Gasteiger charge is -2.17. The van der Waals surface area contributed by atoms with E-state index in [1.165, 1.54) is 25.0 Å². The van der Waals surface area contributed by atoms with Gasteiger partial charge >= 0.3 is 6.55 Å². The van der Waals surface area contributed by atoms with Gasteiger partial charge in [0.1, 0.15) is 5.82 Å². The van der Waals surface area contributed by atoms with Crippen molar-refractivity contribution in [2.75, 3.05) is 6.54 Å². The summed E-state index contributed by atoms with van der Waals surface area (Å²) >= 11 is 0. The second kappa shape index (κ2) is 7.25. The van der Waals surface area contributed by atoms with E-state index in [-0.39, 0.29) is 11.4 Å². The van der Waals surface area contributed by atoms with Gasteiger partial charge in [-0.05, 0) is 51.2 Å². The highest BCUT2D eigenvalue weighted by molar-refractivity contribution is 5.92. The molecule has 25 heavy (non-hydrogen) atoms. The molecule has 8 heteroatoms. The fraction of sp³-hybridized carbons (Fsp3) is 0.529. The molecule has 134 valence electrons. The molecule has 0 bridgehead atoms. The average Bonchev–Trinajstić information content (AvgIpc) is 2.97. The maximum Gasteiger partial charge on any atom is 0.333 e. The molecule has 0 saturated carbocycles. The Morgan fingerprint density at radius 3 is 2.76 bits per heavy atom. The molecule has 2 aromatic heterocycles. The summed E-state index contributed by atoms with van der Waals surface area (Å²) < 4.78 is 25.9. The molecule has 1 aliphatic rings. The van der Waals surface area contributed by atoms with Crippen molar-refractivity contribution in [3.8, 4) is 0 Å². The molecule has 0 unspecified atom stereocenters. The Bertz CT molecular complexity index is 788. The standard InChI is InChI=1S/C17H21F2N5O/c1-10-9-14(23-24(10)17(18)19)16(25)20-8-7-15-21-11(2)12-5-3-4-6-13(12)22-15/h9,17H,3-8H2,1-2H3,(H,20,25). The molecule has 0 fully saturated rings. The first kappa shape index (κ1) is 17.4. The van der Waals surface area contributed by atoms with E-state index in [2.05, 4.69) is 20.4 Å². The van der Waals surface area contributed by atoms with Crippen LogP contribution in [0.25, 0.3) is 0 Å². The van der Waals surface area contributed by atoms with E-state index in [1.807, 2.05) is 6.92 Å². The van der Waals surface area contributed by atoms with Crippen molar-refractivity contribution in [3.05, 3.63) is 40.2 Å². The molecule has 0 radical (unpaired) electrons. The predicted octanol–water partition coefficient (Wildman–Crippen LogP) is 2.54. The number of halogens is 2. The highest BCUT2D eigenvalue weighted by Gasteiger charge is 2.18. The van der Waals surface area contributed by atoms with E-state index in [4.69, 9.17) is 0 Å². The number of fused-ring (bicyclic) bond motifs is 1. The molecular weight excluding hydrogens is 328 g/mol. The number of aryl methyl sites for hydroxylation is 3. The van der Waals surface area contributed by atoms with Gasteiger partial charge in [-0.2, -0.15) is 13.9 Å². The lowest BCUT2D eigenvalue weighted by atomic mass is 9.95. The summed E-state index contributed by atoms with van der Waals surface area (Å²) in [5.41, 5.74) is 3.62. The number of rotatable bonds is 5. The summed E-state index contributed by atoms with van der Waals surface area (Å²) in [6, 6.07) is 1.35. The van der Waals surface area contributed by atoms with E-state index >= 15 is 0 Å². The van der Waals surface area contributed by atoms with E-state index in [1.54, 1.807) is 0 Å². The molecule has 1 N–H and O–H groups in total. The summed E-state index contributed by atoms with van der Waals surface area (Å²) in [5, 5.41) is 6.32. The van der Waals surface area contributed by atoms with E-state index in [9.17, 15) is 13.6 Å². The third-order valence-corrected chi connectivity index (χ3v) is 4.41. The molecule has 1 amide bonds. The first-order valence-corrected chi connectivity index (χ1v) is 8.43. The van der Waals surface area contributed by atoms with Crippen LogP contribution in [0, 0.1) is 13.8 Å². The number of alkyl halides is 2. The zero-order chi connectivity index (χ0) is 18.0. The maximum absolute atomic E-state index is 12.7. The SMILES string of the molecule is Cc1nc(CCNC(=O)c2cc(C)n(C(F)F)n2)nc2c1CCCC2. The zero-order valence-electron chi connectivity index (χ0n) is 14.4. The Labute approximate surface area is 144 Å². The number of carbonyl (C=O) groups is 1. The zero-order valence-corrected chi connectivity index (χ0v) is 14.4. The molecule has 0 atom stereocenters. The number of nitrogens with zero attached hydrogens (tertiary/aromatic N) is 4. The van der Waals surface area contributed by atoms with Crippen LogP contribution in [0.3, 0.4) is 0 Å². The first-order valence-electron chi connectivity index (χ1n) is 8.43. The van der Waals surface area contributed by atoms with Crippen molar-refractivity contribution in [1.29, 1.82) is 0 Å². The molecule has 0 aromatic carbocycles. The van der Waals surface area contributed by atoms with Crippen LogP contribution in [0.1, 0.15) is 58.3 Å².